The van der Waals surface area contributed by atoms with Crippen molar-refractivity contribution in [3.05, 3.63) is 11.2 Å². The quantitative estimate of drug-likeness (QED) is 0.756. The molecule has 0 saturated heterocycles. The molecule has 1 aromatic heterocycles. The molecule has 72 valence electrons. The van der Waals surface area contributed by atoms with Crippen LogP contribution >= 0.6 is 11.6 Å². The van der Waals surface area contributed by atoms with Gasteiger partial charge in [0.1, 0.15) is 5.02 Å². The Morgan fingerprint density at radius 3 is 3.08 bits per heavy atom. The van der Waals surface area contributed by atoms with Crippen molar-refractivity contribution in [1.29, 1.82) is 0 Å². The molecule has 0 unspecified atom stereocenters. The predicted molar refractivity (Wildman–Crippen MR) is 51.9 cm³/mol. The third kappa shape index (κ3) is 3.06. The normalized spacial score (nSPS) is 10.0. The molecule has 1 aromatic rings. The molecule has 0 fully saturated rings. The minimum absolute atomic E-state index is 0.177. The Labute approximate surface area is 82.1 Å². The highest BCUT2D eigenvalue weighted by Gasteiger charge is 2.03. The van der Waals surface area contributed by atoms with Crippen LogP contribution in [0.1, 0.15) is 19.8 Å². The van der Waals surface area contributed by atoms with Crippen LogP contribution in [-0.4, -0.2) is 16.6 Å². The molecule has 13 heavy (non-hydrogen) atoms. The number of nitrogens with two attached hydrogens (primary N) is 1. The summed E-state index contributed by atoms with van der Waals surface area (Å²) < 4.78 is 5.29. The maximum Gasteiger partial charge on any atom is 0.237 e. The summed E-state index contributed by atoms with van der Waals surface area (Å²) in [5.74, 6) is 0.540. The Balaban J connectivity index is 2.59. The Morgan fingerprint density at radius 1 is 1.62 bits per heavy atom. The number of nitrogen functional groups attached to an aromatic ring is 1. The molecule has 0 radical (unpaired) electrons. The van der Waals surface area contributed by atoms with Gasteiger partial charge in [0.2, 0.25) is 11.8 Å². The van der Waals surface area contributed by atoms with Crippen molar-refractivity contribution in [2.75, 3.05) is 12.3 Å². The molecule has 4 nitrogen and oxygen atoms in total. The number of unbranched alkanes of at least 4 members (excludes halogenated alkanes) is 1. The molecule has 0 aromatic carbocycles. The van der Waals surface area contributed by atoms with Gasteiger partial charge < -0.3 is 10.5 Å². The van der Waals surface area contributed by atoms with Crippen molar-refractivity contribution in [3.63, 3.8) is 0 Å². The number of hydrogen-bond acceptors (Lipinski definition) is 4. The van der Waals surface area contributed by atoms with Gasteiger partial charge in [-0.1, -0.05) is 24.9 Å². The van der Waals surface area contributed by atoms with Gasteiger partial charge in [0.05, 0.1) is 12.8 Å². The van der Waals surface area contributed by atoms with E-state index in [2.05, 4.69) is 16.9 Å². The van der Waals surface area contributed by atoms with E-state index >= 15 is 0 Å². The molecule has 2 N–H and O–H groups in total. The Bertz CT molecular complexity index is 280. The first-order valence-corrected chi connectivity index (χ1v) is 4.52. The summed E-state index contributed by atoms with van der Waals surface area (Å²) in [4.78, 5) is 7.58. The molecule has 0 aliphatic carbocycles. The number of anilines is 1. The number of nitrogens with zero attached hydrogens (tertiary/aromatic N) is 2. The Kier molecular flexibility index (Phi) is 3.76. The standard InChI is InChI=1S/C8H12ClN3O/c1-2-3-4-13-7-6(9)5-11-8(10)12-7/h5H,2-4H2,1H3,(H2,10,11,12). The second-order valence-corrected chi connectivity index (χ2v) is 2.99. The van der Waals surface area contributed by atoms with Crippen LogP contribution in [0, 0.1) is 0 Å². The lowest BCUT2D eigenvalue weighted by atomic mass is 10.4. The molecule has 0 bridgehead atoms. The molecule has 1 heterocycles. The van der Waals surface area contributed by atoms with E-state index in [0.717, 1.165) is 12.8 Å². The van der Waals surface area contributed by atoms with Gasteiger partial charge in [-0.2, -0.15) is 4.98 Å². The van der Waals surface area contributed by atoms with E-state index in [1.54, 1.807) is 0 Å². The van der Waals surface area contributed by atoms with Gasteiger partial charge in [0.15, 0.2) is 0 Å². The number of rotatable bonds is 4. The molecule has 0 spiro atoms. The zero-order chi connectivity index (χ0) is 9.68. The third-order valence-electron chi connectivity index (χ3n) is 1.47. The van der Waals surface area contributed by atoms with Crippen LogP contribution in [0.3, 0.4) is 0 Å². The Morgan fingerprint density at radius 2 is 2.38 bits per heavy atom. The van der Waals surface area contributed by atoms with Gasteiger partial charge >= 0.3 is 0 Å². The first-order valence-electron chi connectivity index (χ1n) is 4.15. The van der Waals surface area contributed by atoms with Crippen molar-refractivity contribution in [2.45, 2.75) is 19.8 Å². The summed E-state index contributed by atoms with van der Waals surface area (Å²) in [7, 11) is 0. The van der Waals surface area contributed by atoms with Gasteiger partial charge in [-0.25, -0.2) is 4.98 Å². The molecular weight excluding hydrogens is 190 g/mol. The highest BCUT2D eigenvalue weighted by atomic mass is 35.5. The average Bonchev–Trinajstić information content (AvgIpc) is 2.11. The first kappa shape index (κ1) is 10.1. The van der Waals surface area contributed by atoms with E-state index in [1.807, 2.05) is 0 Å². The monoisotopic (exact) mass is 201 g/mol. The molecule has 0 atom stereocenters. The van der Waals surface area contributed by atoms with Crippen LogP contribution in [0.2, 0.25) is 5.02 Å². The van der Waals surface area contributed by atoms with E-state index in [0.29, 0.717) is 17.5 Å². The van der Waals surface area contributed by atoms with Crippen LogP contribution < -0.4 is 10.5 Å². The predicted octanol–water partition coefficient (Wildman–Crippen LogP) is 1.89. The van der Waals surface area contributed by atoms with Gasteiger partial charge in [0.25, 0.3) is 0 Å². The van der Waals surface area contributed by atoms with Gasteiger partial charge in [0, 0.05) is 0 Å². The smallest absolute Gasteiger partial charge is 0.237 e. The largest absolute Gasteiger partial charge is 0.476 e. The zero-order valence-corrected chi connectivity index (χ0v) is 8.21. The van der Waals surface area contributed by atoms with Crippen LogP contribution in [0.4, 0.5) is 5.95 Å². The second-order valence-electron chi connectivity index (χ2n) is 2.58. The summed E-state index contributed by atoms with van der Waals surface area (Å²) in [6.07, 6.45) is 3.48. The maximum absolute atomic E-state index is 5.77. The van der Waals surface area contributed by atoms with Crippen molar-refractivity contribution in [2.24, 2.45) is 0 Å². The highest BCUT2D eigenvalue weighted by Crippen LogP contribution is 2.20. The third-order valence-corrected chi connectivity index (χ3v) is 1.73. The average molecular weight is 202 g/mol. The minimum Gasteiger partial charge on any atom is -0.476 e. The molecule has 0 aliphatic heterocycles. The molecular formula is C8H12ClN3O. The topological polar surface area (TPSA) is 61.0 Å². The molecule has 5 heteroatoms. The number of ether oxygens (including phenoxy) is 1. The van der Waals surface area contributed by atoms with Crippen LogP contribution in [0.15, 0.2) is 6.20 Å². The molecule has 0 amide bonds. The second kappa shape index (κ2) is 4.87. The van der Waals surface area contributed by atoms with E-state index in [4.69, 9.17) is 22.1 Å². The highest BCUT2D eigenvalue weighted by molar-refractivity contribution is 6.31. The van der Waals surface area contributed by atoms with Crippen molar-refractivity contribution >= 4 is 17.5 Å². The van der Waals surface area contributed by atoms with Crippen LogP contribution in [0.5, 0.6) is 5.88 Å². The fourth-order valence-corrected chi connectivity index (χ4v) is 0.924. The molecule has 0 aliphatic rings. The van der Waals surface area contributed by atoms with Crippen molar-refractivity contribution in [3.8, 4) is 5.88 Å². The lowest BCUT2D eigenvalue weighted by Crippen LogP contribution is -2.02. The SMILES string of the molecule is CCCCOc1nc(N)ncc1Cl. The van der Waals surface area contributed by atoms with Gasteiger partial charge in [-0.15, -0.1) is 0 Å². The lowest BCUT2D eigenvalue weighted by Gasteiger charge is -2.05. The summed E-state index contributed by atoms with van der Waals surface area (Å²) in [6.45, 7) is 2.69. The maximum atomic E-state index is 5.77. The van der Waals surface area contributed by atoms with Crippen LogP contribution in [0.25, 0.3) is 0 Å². The fraction of sp³-hybridized carbons (Fsp3) is 0.500. The van der Waals surface area contributed by atoms with E-state index in [9.17, 15) is 0 Å². The molecule has 1 rings (SSSR count). The van der Waals surface area contributed by atoms with Crippen molar-refractivity contribution < 1.29 is 4.74 Å². The summed E-state index contributed by atoms with van der Waals surface area (Å²) in [6, 6.07) is 0. The van der Waals surface area contributed by atoms with E-state index in [1.165, 1.54) is 6.20 Å². The lowest BCUT2D eigenvalue weighted by molar-refractivity contribution is 0.298. The summed E-state index contributed by atoms with van der Waals surface area (Å²) in [5.41, 5.74) is 5.37. The van der Waals surface area contributed by atoms with Crippen LogP contribution in [-0.2, 0) is 0 Å². The minimum atomic E-state index is 0.177. The van der Waals surface area contributed by atoms with Crippen molar-refractivity contribution in [1.82, 2.24) is 9.97 Å². The summed E-state index contributed by atoms with van der Waals surface area (Å²) >= 11 is 5.77. The zero-order valence-electron chi connectivity index (χ0n) is 7.46. The van der Waals surface area contributed by atoms with Gasteiger partial charge in [-0.3, -0.25) is 0 Å². The van der Waals surface area contributed by atoms with E-state index < -0.39 is 0 Å². The summed E-state index contributed by atoms with van der Waals surface area (Å²) in [5, 5.41) is 0.394. The molecule has 0 saturated carbocycles. The number of aromatic nitrogens is 2. The number of halogens is 1. The number of hydrogen-bond donors (Lipinski definition) is 1. The van der Waals surface area contributed by atoms with Gasteiger partial charge in [-0.05, 0) is 6.42 Å². The van der Waals surface area contributed by atoms with E-state index in [-0.39, 0.29) is 5.95 Å². The fourth-order valence-electron chi connectivity index (χ4n) is 0.779. The Hall–Kier alpha value is -1.03. The first-order chi connectivity index (χ1) is 6.24.